The van der Waals surface area contributed by atoms with Gasteiger partial charge in [0.15, 0.2) is 0 Å². The van der Waals surface area contributed by atoms with Crippen LogP contribution in [0.3, 0.4) is 0 Å². The average molecular weight is 277 g/mol. The number of carbonyl (C=O) groups excluding carboxylic acids is 1. The van der Waals surface area contributed by atoms with Crippen molar-refractivity contribution in [2.24, 2.45) is 0 Å². The van der Waals surface area contributed by atoms with Crippen LogP contribution in [-0.2, 0) is 4.79 Å². The van der Waals surface area contributed by atoms with Gasteiger partial charge in [-0.1, -0.05) is 5.57 Å². The third-order valence-electron chi connectivity index (χ3n) is 2.98. The van der Waals surface area contributed by atoms with Crippen LogP contribution in [0.2, 0.25) is 0 Å². The van der Waals surface area contributed by atoms with E-state index in [0.717, 1.165) is 12.0 Å². The molecule has 1 aliphatic heterocycles. The molecule has 1 aromatic heterocycles. The lowest BCUT2D eigenvalue weighted by atomic mass is 10.3. The Balaban J connectivity index is 1.89. The van der Waals surface area contributed by atoms with E-state index in [9.17, 15) is 4.79 Å². The molecule has 6 heteroatoms. The zero-order valence-corrected chi connectivity index (χ0v) is 12.0. The van der Waals surface area contributed by atoms with Crippen molar-refractivity contribution in [3.63, 3.8) is 0 Å². The van der Waals surface area contributed by atoms with Gasteiger partial charge in [-0.3, -0.25) is 4.79 Å². The van der Waals surface area contributed by atoms with E-state index >= 15 is 0 Å². The molecule has 2 heterocycles. The molecule has 1 amide bonds. The number of nitrogens with zero attached hydrogens (tertiary/aromatic N) is 3. The number of hydrogen-bond donors (Lipinski definition) is 0. The van der Waals surface area contributed by atoms with Gasteiger partial charge in [-0.25, -0.2) is 0 Å². The summed E-state index contributed by atoms with van der Waals surface area (Å²) in [6.07, 6.45) is 2.42. The molecule has 0 saturated carbocycles. The summed E-state index contributed by atoms with van der Waals surface area (Å²) in [4.78, 5) is 13.7. The standard InChI is InChI=1S/C14H19N3O3/c1-10(2)8-14(18)17-7-6-11(9-17)20-13-5-4-12(19-3)15-16-13/h4-5,8,11H,6-7,9H2,1-3H3/t11-/m0/s1. The lowest BCUT2D eigenvalue weighted by molar-refractivity contribution is -0.125. The first-order valence-corrected chi connectivity index (χ1v) is 6.56. The van der Waals surface area contributed by atoms with Crippen molar-refractivity contribution in [1.82, 2.24) is 15.1 Å². The fourth-order valence-electron chi connectivity index (χ4n) is 2.01. The number of amides is 1. The van der Waals surface area contributed by atoms with Gasteiger partial charge in [-0.2, -0.15) is 0 Å². The second-order valence-corrected chi connectivity index (χ2v) is 4.95. The van der Waals surface area contributed by atoms with Gasteiger partial charge in [-0.05, 0) is 13.8 Å². The minimum absolute atomic E-state index is 0.0350. The quantitative estimate of drug-likeness (QED) is 0.779. The molecule has 0 spiro atoms. The molecule has 1 fully saturated rings. The highest BCUT2D eigenvalue weighted by molar-refractivity contribution is 5.88. The molecule has 20 heavy (non-hydrogen) atoms. The van der Waals surface area contributed by atoms with Gasteiger partial charge in [0.05, 0.1) is 13.7 Å². The predicted octanol–water partition coefficient (Wildman–Crippen LogP) is 1.43. The summed E-state index contributed by atoms with van der Waals surface area (Å²) in [5.74, 6) is 0.938. The Morgan fingerprint density at radius 3 is 2.65 bits per heavy atom. The highest BCUT2D eigenvalue weighted by Crippen LogP contribution is 2.17. The predicted molar refractivity (Wildman–Crippen MR) is 73.6 cm³/mol. The van der Waals surface area contributed by atoms with Gasteiger partial charge >= 0.3 is 0 Å². The van der Waals surface area contributed by atoms with Crippen LogP contribution in [0, 0.1) is 0 Å². The molecule has 0 aliphatic carbocycles. The molecule has 0 radical (unpaired) electrons. The monoisotopic (exact) mass is 277 g/mol. The Kier molecular flexibility index (Phi) is 4.55. The van der Waals surface area contributed by atoms with Crippen molar-refractivity contribution in [1.29, 1.82) is 0 Å². The molecular formula is C14H19N3O3. The zero-order valence-electron chi connectivity index (χ0n) is 12.0. The van der Waals surface area contributed by atoms with E-state index in [2.05, 4.69) is 10.2 Å². The third-order valence-corrected chi connectivity index (χ3v) is 2.98. The van der Waals surface area contributed by atoms with Gasteiger partial charge in [0.1, 0.15) is 6.10 Å². The van der Waals surface area contributed by atoms with E-state index in [0.29, 0.717) is 24.8 Å². The number of hydrogen-bond acceptors (Lipinski definition) is 5. The molecule has 1 aliphatic rings. The lowest BCUT2D eigenvalue weighted by Gasteiger charge is -2.15. The molecule has 0 aromatic carbocycles. The highest BCUT2D eigenvalue weighted by atomic mass is 16.5. The molecular weight excluding hydrogens is 258 g/mol. The number of methoxy groups -OCH3 is 1. The van der Waals surface area contributed by atoms with Crippen LogP contribution >= 0.6 is 0 Å². The number of carbonyl (C=O) groups is 1. The maximum absolute atomic E-state index is 11.9. The summed E-state index contributed by atoms with van der Waals surface area (Å²) in [5, 5.41) is 7.76. The van der Waals surface area contributed by atoms with Crippen molar-refractivity contribution in [2.45, 2.75) is 26.4 Å². The molecule has 0 unspecified atom stereocenters. The maximum Gasteiger partial charge on any atom is 0.246 e. The second kappa shape index (κ2) is 6.36. The molecule has 1 atom stereocenters. The first kappa shape index (κ1) is 14.3. The zero-order chi connectivity index (χ0) is 14.5. The van der Waals surface area contributed by atoms with Crippen molar-refractivity contribution < 1.29 is 14.3 Å². The fourth-order valence-corrected chi connectivity index (χ4v) is 2.01. The van der Waals surface area contributed by atoms with E-state index in [1.54, 1.807) is 23.1 Å². The first-order chi connectivity index (χ1) is 9.58. The molecule has 1 saturated heterocycles. The van der Waals surface area contributed by atoms with E-state index in [-0.39, 0.29) is 12.0 Å². The minimum atomic E-state index is -0.0350. The average Bonchev–Trinajstić information content (AvgIpc) is 2.87. The number of allylic oxidation sites excluding steroid dienone is 1. The van der Waals surface area contributed by atoms with Crippen molar-refractivity contribution >= 4 is 5.91 Å². The highest BCUT2D eigenvalue weighted by Gasteiger charge is 2.26. The normalized spacial score (nSPS) is 17.8. The molecule has 6 nitrogen and oxygen atoms in total. The van der Waals surface area contributed by atoms with Crippen LogP contribution in [-0.4, -0.2) is 47.3 Å². The SMILES string of the molecule is COc1ccc(O[C@H]2CCN(C(=O)C=C(C)C)C2)nn1. The summed E-state index contributed by atoms with van der Waals surface area (Å²) in [5.41, 5.74) is 1.00. The number of likely N-dealkylation sites (tertiary alicyclic amines) is 1. The summed E-state index contributed by atoms with van der Waals surface area (Å²) in [6.45, 7) is 5.11. The smallest absolute Gasteiger partial charge is 0.246 e. The lowest BCUT2D eigenvalue weighted by Crippen LogP contribution is -2.29. The van der Waals surface area contributed by atoms with Crippen molar-refractivity contribution in [2.75, 3.05) is 20.2 Å². The molecule has 0 bridgehead atoms. The number of ether oxygens (including phenoxy) is 2. The van der Waals surface area contributed by atoms with E-state index in [4.69, 9.17) is 9.47 Å². The van der Waals surface area contributed by atoms with E-state index < -0.39 is 0 Å². The Labute approximate surface area is 118 Å². The number of aromatic nitrogens is 2. The molecule has 108 valence electrons. The summed E-state index contributed by atoms with van der Waals surface area (Å²) in [6, 6.07) is 3.41. The van der Waals surface area contributed by atoms with Gasteiger partial charge in [0.25, 0.3) is 0 Å². The van der Waals surface area contributed by atoms with Crippen LogP contribution in [0.1, 0.15) is 20.3 Å². The van der Waals surface area contributed by atoms with Crippen molar-refractivity contribution in [3.05, 3.63) is 23.8 Å². The topological polar surface area (TPSA) is 64.6 Å². The van der Waals surface area contributed by atoms with Crippen LogP contribution in [0.5, 0.6) is 11.8 Å². The minimum Gasteiger partial charge on any atom is -0.480 e. The third kappa shape index (κ3) is 3.69. The summed E-state index contributed by atoms with van der Waals surface area (Å²) in [7, 11) is 1.54. The van der Waals surface area contributed by atoms with E-state index in [1.807, 2.05) is 13.8 Å². The van der Waals surface area contributed by atoms with Crippen molar-refractivity contribution in [3.8, 4) is 11.8 Å². The van der Waals surface area contributed by atoms with Crippen LogP contribution < -0.4 is 9.47 Å². The van der Waals surface area contributed by atoms with Crippen LogP contribution in [0.25, 0.3) is 0 Å². The van der Waals surface area contributed by atoms with Gasteiger partial charge < -0.3 is 14.4 Å². The van der Waals surface area contributed by atoms with Gasteiger partial charge in [-0.15, -0.1) is 10.2 Å². The Morgan fingerprint density at radius 2 is 2.05 bits per heavy atom. The van der Waals surface area contributed by atoms with Crippen LogP contribution in [0.15, 0.2) is 23.8 Å². The largest absolute Gasteiger partial charge is 0.480 e. The molecule has 1 aromatic rings. The Bertz CT molecular complexity index is 495. The van der Waals surface area contributed by atoms with Gasteiger partial charge in [0, 0.05) is 31.2 Å². The number of rotatable bonds is 4. The van der Waals surface area contributed by atoms with Crippen LogP contribution in [0.4, 0.5) is 0 Å². The maximum atomic E-state index is 11.9. The first-order valence-electron chi connectivity index (χ1n) is 6.56. The Hall–Kier alpha value is -2.11. The summed E-state index contributed by atoms with van der Waals surface area (Å²) >= 11 is 0. The molecule has 2 rings (SSSR count). The van der Waals surface area contributed by atoms with Gasteiger partial charge in [0.2, 0.25) is 17.7 Å². The second-order valence-electron chi connectivity index (χ2n) is 4.95. The Morgan fingerprint density at radius 1 is 1.35 bits per heavy atom. The fraction of sp³-hybridized carbons (Fsp3) is 0.500. The van der Waals surface area contributed by atoms with E-state index in [1.165, 1.54) is 7.11 Å². The molecule has 0 N–H and O–H groups in total. The summed E-state index contributed by atoms with van der Waals surface area (Å²) < 4.78 is 10.7.